The number of aromatic nitrogens is 4. The normalized spacial score (nSPS) is 13.3. The van der Waals surface area contributed by atoms with Crippen molar-refractivity contribution in [3.63, 3.8) is 0 Å². The molecule has 0 aliphatic carbocycles. The summed E-state index contributed by atoms with van der Waals surface area (Å²) in [7, 11) is -2.05. The molecule has 0 aliphatic rings. The SMILES string of the molecule is CC(NS(=O)(=O)c1cnc(N)c(Cl)c1)c1nncn1C. The van der Waals surface area contributed by atoms with Crippen LogP contribution in [0.5, 0.6) is 0 Å². The number of rotatable bonds is 4. The lowest BCUT2D eigenvalue weighted by atomic mass is 10.3. The van der Waals surface area contributed by atoms with Crippen LogP contribution >= 0.6 is 11.6 Å². The highest BCUT2D eigenvalue weighted by Gasteiger charge is 2.22. The summed E-state index contributed by atoms with van der Waals surface area (Å²) in [6.07, 6.45) is 2.63. The second-order valence-corrected chi connectivity index (χ2v) is 6.30. The lowest BCUT2D eigenvalue weighted by Crippen LogP contribution is -2.28. The molecule has 1 unspecified atom stereocenters. The number of sulfonamides is 1. The first-order valence-corrected chi connectivity index (χ1v) is 7.44. The standard InChI is InChI=1S/C10H13ClN6O2S/c1-6(10-15-14-5-17(10)2)16-20(18,19)7-3-8(11)9(12)13-4-7/h3-6,16H,1-2H3,(H2,12,13). The third-order valence-corrected chi connectivity index (χ3v) is 4.43. The Morgan fingerprint density at radius 1 is 1.50 bits per heavy atom. The zero-order valence-electron chi connectivity index (χ0n) is 10.8. The number of anilines is 1. The highest BCUT2D eigenvalue weighted by molar-refractivity contribution is 7.89. The van der Waals surface area contributed by atoms with Crippen LogP contribution in [-0.2, 0) is 17.1 Å². The average Bonchev–Trinajstić information content (AvgIpc) is 2.78. The minimum Gasteiger partial charge on any atom is -0.382 e. The van der Waals surface area contributed by atoms with E-state index in [1.165, 1.54) is 12.4 Å². The molecule has 3 N–H and O–H groups in total. The molecule has 10 heteroatoms. The molecule has 0 saturated heterocycles. The molecular formula is C10H13ClN6O2S. The van der Waals surface area contributed by atoms with Gasteiger partial charge in [0, 0.05) is 13.2 Å². The molecule has 8 nitrogen and oxygen atoms in total. The Bertz CT molecular complexity index is 729. The van der Waals surface area contributed by atoms with Gasteiger partial charge < -0.3 is 10.3 Å². The van der Waals surface area contributed by atoms with Crippen LogP contribution < -0.4 is 10.5 Å². The van der Waals surface area contributed by atoms with Crippen molar-refractivity contribution in [2.75, 3.05) is 5.73 Å². The summed E-state index contributed by atoms with van der Waals surface area (Å²) in [6, 6.07) is 0.694. The maximum atomic E-state index is 12.2. The van der Waals surface area contributed by atoms with Gasteiger partial charge in [-0.2, -0.15) is 0 Å². The number of pyridine rings is 1. The molecule has 0 radical (unpaired) electrons. The van der Waals surface area contributed by atoms with Crippen LogP contribution in [0, 0.1) is 0 Å². The fraction of sp³-hybridized carbons (Fsp3) is 0.300. The van der Waals surface area contributed by atoms with Crippen LogP contribution in [0.4, 0.5) is 5.82 Å². The van der Waals surface area contributed by atoms with Crippen LogP contribution in [0.2, 0.25) is 5.02 Å². The number of hydrogen-bond acceptors (Lipinski definition) is 6. The second kappa shape index (κ2) is 5.35. The van der Waals surface area contributed by atoms with E-state index in [0.717, 1.165) is 6.20 Å². The molecule has 2 aromatic heterocycles. The van der Waals surface area contributed by atoms with Crippen LogP contribution in [0.15, 0.2) is 23.5 Å². The van der Waals surface area contributed by atoms with E-state index in [-0.39, 0.29) is 15.7 Å². The van der Waals surface area contributed by atoms with Crippen LogP contribution in [-0.4, -0.2) is 28.2 Å². The number of nitrogens with zero attached hydrogens (tertiary/aromatic N) is 4. The lowest BCUT2D eigenvalue weighted by molar-refractivity contribution is 0.553. The highest BCUT2D eigenvalue weighted by Crippen LogP contribution is 2.21. The highest BCUT2D eigenvalue weighted by atomic mass is 35.5. The van der Waals surface area contributed by atoms with E-state index in [1.54, 1.807) is 18.5 Å². The minimum atomic E-state index is -3.78. The maximum Gasteiger partial charge on any atom is 0.242 e. The summed E-state index contributed by atoms with van der Waals surface area (Å²) >= 11 is 5.78. The molecule has 0 aromatic carbocycles. The van der Waals surface area contributed by atoms with Crippen molar-refractivity contribution < 1.29 is 8.42 Å². The van der Waals surface area contributed by atoms with Crippen LogP contribution in [0.3, 0.4) is 0 Å². The molecule has 0 amide bonds. The first kappa shape index (κ1) is 14.7. The Hall–Kier alpha value is -1.71. The second-order valence-electron chi connectivity index (χ2n) is 4.18. The molecular weight excluding hydrogens is 304 g/mol. The molecule has 20 heavy (non-hydrogen) atoms. The van der Waals surface area contributed by atoms with Gasteiger partial charge in [0.25, 0.3) is 0 Å². The van der Waals surface area contributed by atoms with Gasteiger partial charge in [-0.3, -0.25) is 0 Å². The molecule has 108 valence electrons. The molecule has 2 aromatic rings. The molecule has 1 atom stereocenters. The molecule has 0 saturated carbocycles. The molecule has 0 bridgehead atoms. The summed E-state index contributed by atoms with van der Waals surface area (Å²) in [5, 5.41) is 7.63. The Morgan fingerprint density at radius 3 is 2.75 bits per heavy atom. The first-order chi connectivity index (χ1) is 9.31. The zero-order chi connectivity index (χ0) is 14.9. The summed E-state index contributed by atoms with van der Waals surface area (Å²) in [4.78, 5) is 3.66. The molecule has 0 fully saturated rings. The van der Waals surface area contributed by atoms with Crippen molar-refractivity contribution in [1.82, 2.24) is 24.5 Å². The first-order valence-electron chi connectivity index (χ1n) is 5.58. The summed E-state index contributed by atoms with van der Waals surface area (Å²) in [6.45, 7) is 1.66. The number of nitrogens with one attached hydrogen (secondary N) is 1. The van der Waals surface area contributed by atoms with E-state index in [0.29, 0.717) is 5.82 Å². The van der Waals surface area contributed by atoms with Gasteiger partial charge in [0.1, 0.15) is 22.9 Å². The predicted octanol–water partition coefficient (Wildman–Crippen LogP) is 0.485. The third kappa shape index (κ3) is 2.89. The van der Waals surface area contributed by atoms with E-state index in [4.69, 9.17) is 17.3 Å². The Balaban J connectivity index is 2.27. The van der Waals surface area contributed by atoms with Gasteiger partial charge in [-0.15, -0.1) is 10.2 Å². The summed E-state index contributed by atoms with van der Waals surface area (Å²) < 4.78 is 28.5. The van der Waals surface area contributed by atoms with Gasteiger partial charge >= 0.3 is 0 Å². The van der Waals surface area contributed by atoms with Crippen LogP contribution in [0.1, 0.15) is 18.8 Å². The van der Waals surface area contributed by atoms with Gasteiger partial charge in [0.15, 0.2) is 0 Å². The van der Waals surface area contributed by atoms with E-state index < -0.39 is 16.1 Å². The van der Waals surface area contributed by atoms with Gasteiger partial charge in [-0.1, -0.05) is 11.6 Å². The van der Waals surface area contributed by atoms with Gasteiger partial charge in [-0.25, -0.2) is 18.1 Å². The molecule has 2 rings (SSSR count). The fourth-order valence-corrected chi connectivity index (χ4v) is 3.02. The van der Waals surface area contributed by atoms with Crippen molar-refractivity contribution in [3.05, 3.63) is 29.4 Å². The zero-order valence-corrected chi connectivity index (χ0v) is 12.4. The number of nitrogens with two attached hydrogens (primary N) is 1. The topological polar surface area (TPSA) is 116 Å². The van der Waals surface area contributed by atoms with Crippen LogP contribution in [0.25, 0.3) is 0 Å². The number of nitrogen functional groups attached to an aromatic ring is 1. The van der Waals surface area contributed by atoms with Gasteiger partial charge in [0.2, 0.25) is 10.0 Å². The fourth-order valence-electron chi connectivity index (χ4n) is 1.62. The Kier molecular flexibility index (Phi) is 3.93. The quantitative estimate of drug-likeness (QED) is 0.847. The Labute approximate surface area is 121 Å². The van der Waals surface area contributed by atoms with Crippen molar-refractivity contribution in [1.29, 1.82) is 0 Å². The number of halogens is 1. The lowest BCUT2D eigenvalue weighted by Gasteiger charge is -2.13. The van der Waals surface area contributed by atoms with Crippen molar-refractivity contribution in [2.24, 2.45) is 7.05 Å². The third-order valence-electron chi connectivity index (χ3n) is 2.62. The van der Waals surface area contributed by atoms with Crippen molar-refractivity contribution in [2.45, 2.75) is 17.9 Å². The van der Waals surface area contributed by atoms with E-state index in [9.17, 15) is 8.42 Å². The smallest absolute Gasteiger partial charge is 0.242 e. The minimum absolute atomic E-state index is 0.0641. The van der Waals surface area contributed by atoms with Gasteiger partial charge in [0.05, 0.1) is 11.1 Å². The maximum absolute atomic E-state index is 12.2. The Morgan fingerprint density at radius 2 is 2.20 bits per heavy atom. The molecule has 0 aliphatic heterocycles. The van der Waals surface area contributed by atoms with Crippen molar-refractivity contribution in [3.8, 4) is 0 Å². The summed E-state index contributed by atoms with van der Waals surface area (Å²) in [5.74, 6) is 0.565. The number of hydrogen-bond donors (Lipinski definition) is 2. The monoisotopic (exact) mass is 316 g/mol. The van der Waals surface area contributed by atoms with E-state index >= 15 is 0 Å². The van der Waals surface area contributed by atoms with Crippen molar-refractivity contribution >= 4 is 27.4 Å². The molecule has 0 spiro atoms. The summed E-state index contributed by atoms with van der Waals surface area (Å²) in [5.41, 5.74) is 5.45. The number of aryl methyl sites for hydroxylation is 1. The van der Waals surface area contributed by atoms with E-state index in [2.05, 4.69) is 19.9 Å². The van der Waals surface area contributed by atoms with Gasteiger partial charge in [-0.05, 0) is 13.0 Å². The largest absolute Gasteiger partial charge is 0.382 e. The van der Waals surface area contributed by atoms with E-state index in [1.807, 2.05) is 0 Å². The molecule has 2 heterocycles. The average molecular weight is 317 g/mol. The predicted molar refractivity (Wildman–Crippen MR) is 73.4 cm³/mol.